The third-order valence-corrected chi connectivity index (χ3v) is 4.49. The number of amides is 1. The molecule has 0 radical (unpaired) electrons. The first-order valence-corrected chi connectivity index (χ1v) is 7.93. The van der Waals surface area contributed by atoms with Gasteiger partial charge in [0.05, 0.1) is 12.5 Å². The number of hydrogen-bond donors (Lipinski definition) is 2. The van der Waals surface area contributed by atoms with E-state index in [4.69, 9.17) is 5.11 Å². The van der Waals surface area contributed by atoms with Gasteiger partial charge in [0.25, 0.3) is 5.91 Å². The van der Waals surface area contributed by atoms with Crippen molar-refractivity contribution in [2.75, 3.05) is 0 Å². The Hall–Kier alpha value is -2.67. The lowest BCUT2D eigenvalue weighted by molar-refractivity contribution is -0.137. The highest BCUT2D eigenvalue weighted by molar-refractivity contribution is 7.10. The highest BCUT2D eigenvalue weighted by atomic mass is 32.1. The predicted molar refractivity (Wildman–Crippen MR) is 86.7 cm³/mol. The number of aromatic nitrogens is 2. The highest BCUT2D eigenvalue weighted by Gasteiger charge is 2.21. The second kappa shape index (κ2) is 6.21. The maximum Gasteiger partial charge on any atom is 0.305 e. The number of aryl methyl sites for hydroxylation is 1. The lowest BCUT2D eigenvalue weighted by atomic mass is 10.1. The molecule has 3 aromatic rings. The molecule has 0 unspecified atom stereocenters. The number of hydrogen-bond acceptors (Lipinski definition) is 4. The molecule has 1 atom stereocenters. The van der Waals surface area contributed by atoms with Crippen LogP contribution in [-0.4, -0.2) is 26.4 Å². The zero-order chi connectivity index (χ0) is 16.4. The van der Waals surface area contributed by atoms with Crippen molar-refractivity contribution in [2.24, 2.45) is 0 Å². The molecule has 0 aliphatic heterocycles. The number of carbonyl (C=O) groups is 2. The van der Waals surface area contributed by atoms with Crippen LogP contribution in [0.4, 0.5) is 0 Å². The number of aliphatic carboxylic acids is 1. The van der Waals surface area contributed by atoms with Crippen molar-refractivity contribution in [2.45, 2.75) is 19.4 Å². The van der Waals surface area contributed by atoms with Crippen LogP contribution in [0.15, 0.2) is 41.9 Å². The molecule has 0 saturated carbocycles. The zero-order valence-electron chi connectivity index (χ0n) is 12.4. The number of pyridine rings is 1. The van der Waals surface area contributed by atoms with Gasteiger partial charge in [0.1, 0.15) is 11.3 Å². The van der Waals surface area contributed by atoms with Crippen LogP contribution in [0.2, 0.25) is 0 Å². The van der Waals surface area contributed by atoms with Crippen molar-refractivity contribution in [3.05, 3.63) is 58.2 Å². The molecular weight excluding hydrogens is 314 g/mol. The van der Waals surface area contributed by atoms with Crippen LogP contribution in [0.5, 0.6) is 0 Å². The number of carbonyl (C=O) groups excluding carboxylic acids is 1. The van der Waals surface area contributed by atoms with Gasteiger partial charge in [-0.3, -0.25) is 9.59 Å². The minimum atomic E-state index is -0.963. The van der Waals surface area contributed by atoms with Crippen molar-refractivity contribution in [3.63, 3.8) is 0 Å². The normalized spacial score (nSPS) is 12.2. The highest BCUT2D eigenvalue weighted by Crippen LogP contribution is 2.22. The fraction of sp³-hybridized carbons (Fsp3) is 0.188. The molecule has 0 aliphatic rings. The second-order valence-electron chi connectivity index (χ2n) is 5.16. The average Bonchev–Trinajstić information content (AvgIpc) is 3.16. The van der Waals surface area contributed by atoms with Gasteiger partial charge in [0.15, 0.2) is 0 Å². The Bertz CT molecular complexity index is 855. The largest absolute Gasteiger partial charge is 0.481 e. The van der Waals surface area contributed by atoms with E-state index in [0.717, 1.165) is 10.6 Å². The van der Waals surface area contributed by atoms with E-state index >= 15 is 0 Å². The zero-order valence-corrected chi connectivity index (χ0v) is 13.2. The summed E-state index contributed by atoms with van der Waals surface area (Å²) < 4.78 is 1.83. The minimum absolute atomic E-state index is 0.168. The van der Waals surface area contributed by atoms with Crippen LogP contribution < -0.4 is 5.32 Å². The molecule has 3 heterocycles. The molecule has 6 nitrogen and oxygen atoms in total. The van der Waals surface area contributed by atoms with Gasteiger partial charge >= 0.3 is 5.97 Å². The Labute approximate surface area is 136 Å². The molecule has 0 aromatic carbocycles. The van der Waals surface area contributed by atoms with Crippen molar-refractivity contribution in [3.8, 4) is 0 Å². The molecule has 23 heavy (non-hydrogen) atoms. The van der Waals surface area contributed by atoms with Crippen LogP contribution >= 0.6 is 11.3 Å². The summed E-state index contributed by atoms with van der Waals surface area (Å²) in [5.41, 5.74) is 1.92. The number of nitrogens with zero attached hydrogens (tertiary/aromatic N) is 2. The average molecular weight is 329 g/mol. The van der Waals surface area contributed by atoms with Crippen molar-refractivity contribution in [1.29, 1.82) is 0 Å². The fourth-order valence-corrected chi connectivity index (χ4v) is 3.15. The van der Waals surface area contributed by atoms with Gasteiger partial charge in [-0.1, -0.05) is 12.1 Å². The first-order valence-electron chi connectivity index (χ1n) is 7.05. The van der Waals surface area contributed by atoms with E-state index in [2.05, 4.69) is 10.3 Å². The van der Waals surface area contributed by atoms with E-state index in [0.29, 0.717) is 5.65 Å². The summed E-state index contributed by atoms with van der Waals surface area (Å²) >= 11 is 1.41. The molecule has 0 spiro atoms. The number of carboxylic acids is 1. The SMILES string of the molecule is Cc1cccc2nc(C(=O)N[C@@H](CC(=O)O)c3cccs3)cn12. The van der Waals surface area contributed by atoms with E-state index in [1.165, 1.54) is 11.3 Å². The Balaban J connectivity index is 1.85. The number of fused-ring (bicyclic) bond motifs is 1. The second-order valence-corrected chi connectivity index (χ2v) is 6.14. The molecular formula is C16H15N3O3S. The van der Waals surface area contributed by atoms with Gasteiger partial charge < -0.3 is 14.8 Å². The maximum atomic E-state index is 12.4. The fourth-order valence-electron chi connectivity index (χ4n) is 2.38. The molecule has 2 N–H and O–H groups in total. The van der Waals surface area contributed by atoms with Crippen molar-refractivity contribution < 1.29 is 14.7 Å². The van der Waals surface area contributed by atoms with Gasteiger partial charge in [0, 0.05) is 16.8 Å². The monoisotopic (exact) mass is 329 g/mol. The Morgan fingerprint density at radius 3 is 2.83 bits per heavy atom. The van der Waals surface area contributed by atoms with E-state index in [1.54, 1.807) is 6.20 Å². The standard InChI is InChI=1S/C16H15N3O3S/c1-10-4-2-6-14-17-12(9-19(10)14)16(22)18-11(8-15(20)21)13-5-3-7-23-13/h2-7,9,11H,8H2,1H3,(H,18,22)(H,20,21)/t11-/m0/s1. The molecule has 3 aromatic heterocycles. The van der Waals surface area contributed by atoms with Crippen LogP contribution in [0.3, 0.4) is 0 Å². The first-order chi connectivity index (χ1) is 11.0. The molecule has 1 amide bonds. The minimum Gasteiger partial charge on any atom is -0.481 e. The summed E-state index contributed by atoms with van der Waals surface area (Å²) in [5.74, 6) is -1.35. The molecule has 7 heteroatoms. The van der Waals surface area contributed by atoms with Gasteiger partial charge in [-0.25, -0.2) is 4.98 Å². The van der Waals surface area contributed by atoms with Crippen molar-refractivity contribution >= 4 is 28.9 Å². The predicted octanol–water partition coefficient (Wildman–Crippen LogP) is 2.65. The van der Waals surface area contributed by atoms with Crippen molar-refractivity contribution in [1.82, 2.24) is 14.7 Å². The quantitative estimate of drug-likeness (QED) is 0.754. The topological polar surface area (TPSA) is 83.7 Å². The number of nitrogens with one attached hydrogen (secondary N) is 1. The third kappa shape index (κ3) is 3.24. The van der Waals surface area contributed by atoms with E-state index in [-0.39, 0.29) is 18.0 Å². The Morgan fingerprint density at radius 1 is 1.35 bits per heavy atom. The maximum absolute atomic E-state index is 12.4. The van der Waals surface area contributed by atoms with Crippen LogP contribution in [0.1, 0.15) is 33.5 Å². The van der Waals surface area contributed by atoms with Crippen LogP contribution in [0, 0.1) is 6.92 Å². The molecule has 3 rings (SSSR count). The van der Waals surface area contributed by atoms with Gasteiger partial charge in [-0.15, -0.1) is 11.3 Å². The summed E-state index contributed by atoms with van der Waals surface area (Å²) in [5, 5.41) is 13.7. The molecule has 0 bridgehead atoms. The molecule has 0 fully saturated rings. The van der Waals surface area contributed by atoms with Crippen LogP contribution in [-0.2, 0) is 4.79 Å². The number of carboxylic acid groups (broad SMARTS) is 1. The lowest BCUT2D eigenvalue weighted by Crippen LogP contribution is -2.29. The Kier molecular flexibility index (Phi) is 4.12. The number of imidazole rings is 1. The summed E-state index contributed by atoms with van der Waals surface area (Å²) in [6.07, 6.45) is 1.49. The third-order valence-electron chi connectivity index (χ3n) is 3.50. The summed E-state index contributed by atoms with van der Waals surface area (Å²) in [6.45, 7) is 1.93. The Morgan fingerprint density at radius 2 is 2.17 bits per heavy atom. The van der Waals surface area contributed by atoms with E-state index in [9.17, 15) is 9.59 Å². The van der Waals surface area contributed by atoms with E-state index < -0.39 is 12.0 Å². The van der Waals surface area contributed by atoms with E-state index in [1.807, 2.05) is 47.0 Å². The number of rotatable bonds is 5. The molecule has 118 valence electrons. The smallest absolute Gasteiger partial charge is 0.305 e. The molecule has 0 aliphatic carbocycles. The van der Waals surface area contributed by atoms with Crippen LogP contribution in [0.25, 0.3) is 5.65 Å². The van der Waals surface area contributed by atoms with Gasteiger partial charge in [-0.05, 0) is 30.5 Å². The number of thiophene rings is 1. The summed E-state index contributed by atoms with van der Waals surface area (Å²) in [4.78, 5) is 28.6. The van der Waals surface area contributed by atoms with Gasteiger partial charge in [-0.2, -0.15) is 0 Å². The first kappa shape index (κ1) is 15.2. The lowest BCUT2D eigenvalue weighted by Gasteiger charge is -2.14. The van der Waals surface area contributed by atoms with Gasteiger partial charge in [0.2, 0.25) is 0 Å². The summed E-state index contributed by atoms with van der Waals surface area (Å²) in [6, 6.07) is 8.69. The molecule has 0 saturated heterocycles. The summed E-state index contributed by atoms with van der Waals surface area (Å²) in [7, 11) is 0.